The van der Waals surface area contributed by atoms with Crippen LogP contribution in [-0.2, 0) is 4.79 Å². The number of nitrogens with one attached hydrogen (secondary N) is 2. The molecule has 0 bridgehead atoms. The molecule has 0 aliphatic carbocycles. The molecule has 2 aromatic rings. The molecule has 1 saturated heterocycles. The molecule has 0 spiro atoms. The van der Waals surface area contributed by atoms with Crippen molar-refractivity contribution in [1.29, 1.82) is 5.26 Å². The predicted octanol–water partition coefficient (Wildman–Crippen LogP) is 3.44. The number of thioether (sulfide) groups is 1. The minimum atomic E-state index is 0.234. The van der Waals surface area contributed by atoms with Crippen LogP contribution in [0.1, 0.15) is 30.5 Å². The number of carbonyl (C=O) groups is 1. The molecule has 4 rings (SSSR count). The van der Waals surface area contributed by atoms with Crippen LogP contribution in [-0.4, -0.2) is 47.5 Å². The Kier molecular flexibility index (Phi) is 6.92. The Bertz CT molecular complexity index is 1090. The first-order chi connectivity index (χ1) is 15.7. The molecular weight excluding hydrogens is 424 g/mol. The van der Waals surface area contributed by atoms with Crippen LogP contribution in [0.3, 0.4) is 0 Å². The molecule has 3 heterocycles. The number of nitriles is 1. The van der Waals surface area contributed by atoms with Crippen molar-refractivity contribution in [2.75, 3.05) is 32.1 Å². The zero-order valence-electron chi connectivity index (χ0n) is 17.8. The van der Waals surface area contributed by atoms with Crippen molar-refractivity contribution in [1.82, 2.24) is 20.2 Å². The van der Waals surface area contributed by atoms with Gasteiger partial charge in [-0.05, 0) is 48.7 Å². The Labute approximate surface area is 191 Å². The summed E-state index contributed by atoms with van der Waals surface area (Å²) in [6.45, 7) is 2.24. The van der Waals surface area contributed by atoms with Crippen molar-refractivity contribution < 1.29 is 9.53 Å². The van der Waals surface area contributed by atoms with Crippen LogP contribution in [0, 0.1) is 11.3 Å². The number of benzene rings is 1. The second kappa shape index (κ2) is 10.2. The second-order valence-electron chi connectivity index (χ2n) is 7.35. The number of ether oxygens (including phenoxy) is 1. The minimum absolute atomic E-state index is 0.234. The Morgan fingerprint density at radius 1 is 1.34 bits per heavy atom. The normalized spacial score (nSPS) is 16.9. The van der Waals surface area contributed by atoms with E-state index in [2.05, 4.69) is 26.7 Å². The number of allylic oxidation sites excluding steroid dienone is 1. The molecule has 8 nitrogen and oxygen atoms in total. The molecule has 0 saturated carbocycles. The van der Waals surface area contributed by atoms with E-state index in [1.165, 1.54) is 11.8 Å². The van der Waals surface area contributed by atoms with Crippen LogP contribution in [0.25, 0.3) is 11.3 Å². The summed E-state index contributed by atoms with van der Waals surface area (Å²) in [7, 11) is 1.64. The van der Waals surface area contributed by atoms with Crippen LogP contribution in [0.15, 0.2) is 47.0 Å². The molecule has 0 unspecified atom stereocenters. The van der Waals surface area contributed by atoms with Gasteiger partial charge in [-0.15, -0.1) is 0 Å². The molecule has 32 heavy (non-hydrogen) atoms. The standard InChI is InChI=1S/C23H24N6O2S/c1-31-17-7-5-16(6-8-17)20-15-32-22(27-20)18(14-24)19-9-11-26-23(28-19)25-10-3-13-29-12-2-4-21(29)30/h5-9,11,15,27H,2-4,10,12-13H2,1H3,(H,25,26,28)/b22-18+. The third kappa shape index (κ3) is 5.03. The Morgan fingerprint density at radius 3 is 2.91 bits per heavy atom. The van der Waals surface area contributed by atoms with Gasteiger partial charge >= 0.3 is 0 Å². The third-order valence-electron chi connectivity index (χ3n) is 5.25. The number of hydrogen-bond acceptors (Lipinski definition) is 8. The second-order valence-corrected chi connectivity index (χ2v) is 8.23. The van der Waals surface area contributed by atoms with Crippen molar-refractivity contribution in [2.45, 2.75) is 19.3 Å². The number of carbonyl (C=O) groups excluding carboxylic acids is 1. The molecule has 1 amide bonds. The lowest BCUT2D eigenvalue weighted by Crippen LogP contribution is -2.27. The molecule has 164 valence electrons. The predicted molar refractivity (Wildman–Crippen MR) is 125 cm³/mol. The lowest BCUT2D eigenvalue weighted by molar-refractivity contribution is -0.127. The lowest BCUT2D eigenvalue weighted by atomic mass is 10.1. The topological polar surface area (TPSA) is 103 Å². The SMILES string of the molecule is COc1ccc(C2=CS/C(=C(\C#N)c3ccnc(NCCCN4CCCC4=O)n3)N2)cc1. The van der Waals surface area contributed by atoms with E-state index in [9.17, 15) is 10.1 Å². The highest BCUT2D eigenvalue weighted by Gasteiger charge is 2.20. The smallest absolute Gasteiger partial charge is 0.223 e. The van der Waals surface area contributed by atoms with E-state index in [1.807, 2.05) is 34.6 Å². The molecule has 0 atom stereocenters. The number of hydrogen-bond donors (Lipinski definition) is 2. The van der Waals surface area contributed by atoms with E-state index in [0.29, 0.717) is 30.2 Å². The highest BCUT2D eigenvalue weighted by atomic mass is 32.2. The summed E-state index contributed by atoms with van der Waals surface area (Å²) in [5.74, 6) is 1.49. The van der Waals surface area contributed by atoms with Gasteiger partial charge in [0.05, 0.1) is 23.5 Å². The van der Waals surface area contributed by atoms with E-state index in [-0.39, 0.29) is 5.91 Å². The van der Waals surface area contributed by atoms with Gasteiger partial charge in [-0.3, -0.25) is 4.79 Å². The van der Waals surface area contributed by atoms with E-state index in [1.54, 1.807) is 19.4 Å². The molecule has 9 heteroatoms. The first-order valence-electron chi connectivity index (χ1n) is 10.5. The number of likely N-dealkylation sites (tertiary alicyclic amines) is 1. The quantitative estimate of drug-likeness (QED) is 0.468. The van der Waals surface area contributed by atoms with Crippen molar-refractivity contribution in [3.8, 4) is 11.8 Å². The maximum Gasteiger partial charge on any atom is 0.223 e. The van der Waals surface area contributed by atoms with Crippen LogP contribution in [0.2, 0.25) is 0 Å². The first kappa shape index (κ1) is 21.7. The lowest BCUT2D eigenvalue weighted by Gasteiger charge is -2.15. The zero-order chi connectivity index (χ0) is 22.3. The molecule has 2 N–H and O–H groups in total. The summed E-state index contributed by atoms with van der Waals surface area (Å²) < 4.78 is 5.21. The van der Waals surface area contributed by atoms with Gasteiger partial charge in [-0.2, -0.15) is 5.26 Å². The molecule has 0 radical (unpaired) electrons. The summed E-state index contributed by atoms with van der Waals surface area (Å²) in [5, 5.41) is 19.0. The van der Waals surface area contributed by atoms with Gasteiger partial charge < -0.3 is 20.3 Å². The number of methoxy groups -OCH3 is 1. The molecule has 2 aliphatic heterocycles. The van der Waals surface area contributed by atoms with E-state index < -0.39 is 0 Å². The maximum atomic E-state index is 11.7. The summed E-state index contributed by atoms with van der Waals surface area (Å²) in [5.41, 5.74) is 2.94. The molecule has 2 aliphatic rings. The number of nitrogens with zero attached hydrogens (tertiary/aromatic N) is 4. The maximum absolute atomic E-state index is 11.7. The fraction of sp³-hybridized carbons (Fsp3) is 0.304. The third-order valence-corrected chi connectivity index (χ3v) is 6.15. The van der Waals surface area contributed by atoms with Crippen LogP contribution >= 0.6 is 11.8 Å². The molecular formula is C23H24N6O2S. The number of aromatic nitrogens is 2. The summed E-state index contributed by atoms with van der Waals surface area (Å²) in [6, 6.07) is 11.7. The van der Waals surface area contributed by atoms with Gasteiger partial charge in [0.25, 0.3) is 0 Å². The van der Waals surface area contributed by atoms with Crippen molar-refractivity contribution >= 4 is 34.9 Å². The number of rotatable bonds is 8. The van der Waals surface area contributed by atoms with Crippen LogP contribution in [0.4, 0.5) is 5.95 Å². The minimum Gasteiger partial charge on any atom is -0.497 e. The fourth-order valence-corrected chi connectivity index (χ4v) is 4.42. The van der Waals surface area contributed by atoms with Gasteiger partial charge in [0, 0.05) is 37.7 Å². The molecule has 1 fully saturated rings. The largest absolute Gasteiger partial charge is 0.497 e. The molecule has 1 aromatic carbocycles. The Hall–Kier alpha value is -3.51. The zero-order valence-corrected chi connectivity index (χ0v) is 18.6. The average Bonchev–Trinajstić information content (AvgIpc) is 3.47. The number of anilines is 1. The summed E-state index contributed by atoms with van der Waals surface area (Å²) in [6.07, 6.45) is 4.07. The first-order valence-corrected chi connectivity index (χ1v) is 11.3. The van der Waals surface area contributed by atoms with Crippen molar-refractivity contribution in [2.24, 2.45) is 0 Å². The van der Waals surface area contributed by atoms with E-state index in [4.69, 9.17) is 4.74 Å². The van der Waals surface area contributed by atoms with Gasteiger partial charge in [0.15, 0.2) is 0 Å². The Balaban J connectivity index is 1.39. The highest BCUT2D eigenvalue weighted by molar-refractivity contribution is 8.06. The van der Waals surface area contributed by atoms with Crippen molar-refractivity contribution in [3.05, 3.63) is 58.2 Å². The van der Waals surface area contributed by atoms with Crippen molar-refractivity contribution in [3.63, 3.8) is 0 Å². The fourth-order valence-electron chi connectivity index (χ4n) is 3.55. The molecule has 1 aromatic heterocycles. The summed E-state index contributed by atoms with van der Waals surface area (Å²) >= 11 is 1.46. The van der Waals surface area contributed by atoms with Gasteiger partial charge in [0.1, 0.15) is 17.4 Å². The average molecular weight is 449 g/mol. The van der Waals surface area contributed by atoms with Crippen LogP contribution in [0.5, 0.6) is 5.75 Å². The monoisotopic (exact) mass is 448 g/mol. The highest BCUT2D eigenvalue weighted by Crippen LogP contribution is 2.35. The van der Waals surface area contributed by atoms with Gasteiger partial charge in [-0.1, -0.05) is 11.8 Å². The van der Waals surface area contributed by atoms with E-state index in [0.717, 1.165) is 48.0 Å². The van der Waals surface area contributed by atoms with Gasteiger partial charge in [0.2, 0.25) is 11.9 Å². The Morgan fingerprint density at radius 2 is 2.19 bits per heavy atom. The van der Waals surface area contributed by atoms with Crippen LogP contribution < -0.4 is 15.4 Å². The van der Waals surface area contributed by atoms with E-state index >= 15 is 0 Å². The number of amides is 1. The van der Waals surface area contributed by atoms with Gasteiger partial charge in [-0.25, -0.2) is 9.97 Å². The summed E-state index contributed by atoms with van der Waals surface area (Å²) in [4.78, 5) is 22.4.